The Bertz CT molecular complexity index is 1300. The average Bonchev–Trinajstić information content (AvgIpc) is 3.49. The Labute approximate surface area is 189 Å². The van der Waals surface area contributed by atoms with E-state index in [9.17, 15) is 4.79 Å². The first-order chi connectivity index (χ1) is 15.7. The number of nitrogens with zero attached hydrogens (tertiary/aromatic N) is 3. The summed E-state index contributed by atoms with van der Waals surface area (Å²) in [7, 11) is 1.62. The molecule has 1 aliphatic heterocycles. The molecule has 0 bridgehead atoms. The van der Waals surface area contributed by atoms with Gasteiger partial charge < -0.3 is 15.4 Å². The Morgan fingerprint density at radius 3 is 2.62 bits per heavy atom. The maximum absolute atomic E-state index is 13.4. The molecule has 3 heterocycles. The van der Waals surface area contributed by atoms with Crippen LogP contribution in [0.4, 0.5) is 11.6 Å². The van der Waals surface area contributed by atoms with Gasteiger partial charge in [0.1, 0.15) is 11.8 Å². The van der Waals surface area contributed by atoms with Crippen molar-refractivity contribution in [2.45, 2.75) is 13.0 Å². The monoisotopic (exact) mass is 443 g/mol. The molecule has 160 valence electrons. The normalized spacial score (nSPS) is 15.1. The van der Waals surface area contributed by atoms with E-state index in [1.165, 1.54) is 0 Å². The Kier molecular flexibility index (Phi) is 5.20. The van der Waals surface area contributed by atoms with Crippen LogP contribution in [0.2, 0.25) is 0 Å². The second kappa shape index (κ2) is 8.32. The van der Waals surface area contributed by atoms with Crippen molar-refractivity contribution in [3.63, 3.8) is 0 Å². The lowest BCUT2D eigenvalue weighted by atomic mass is 10.0. The molecule has 8 heteroatoms. The third-order valence-electron chi connectivity index (χ3n) is 5.29. The van der Waals surface area contributed by atoms with Gasteiger partial charge in [0.2, 0.25) is 5.95 Å². The summed E-state index contributed by atoms with van der Waals surface area (Å²) in [6.07, 6.45) is 0. The molecule has 0 saturated carbocycles. The number of allylic oxidation sites excluding steroid dienone is 1. The average molecular weight is 444 g/mol. The Balaban J connectivity index is 1.59. The number of nitrogens with one attached hydrogen (secondary N) is 2. The molecule has 1 unspecified atom stereocenters. The van der Waals surface area contributed by atoms with Gasteiger partial charge in [-0.05, 0) is 42.6 Å². The van der Waals surface area contributed by atoms with Gasteiger partial charge in [0, 0.05) is 16.3 Å². The molecule has 7 nitrogen and oxygen atoms in total. The molecule has 0 fully saturated rings. The Hall–Kier alpha value is -3.91. The molecule has 4 aromatic rings. The molecule has 0 spiro atoms. The fourth-order valence-electron chi connectivity index (χ4n) is 3.82. The van der Waals surface area contributed by atoms with Gasteiger partial charge in [0.05, 0.1) is 18.2 Å². The highest BCUT2D eigenvalue weighted by atomic mass is 32.1. The number of thiophene rings is 1. The number of anilines is 2. The van der Waals surface area contributed by atoms with Gasteiger partial charge in [0.25, 0.3) is 5.91 Å². The number of para-hydroxylation sites is 2. The third-order valence-corrected chi connectivity index (χ3v) is 6.21. The van der Waals surface area contributed by atoms with Crippen LogP contribution in [0, 0.1) is 0 Å². The lowest BCUT2D eigenvalue weighted by molar-refractivity contribution is -0.113. The maximum atomic E-state index is 13.4. The van der Waals surface area contributed by atoms with Crippen molar-refractivity contribution in [3.05, 3.63) is 88.3 Å². The molecule has 0 aliphatic carbocycles. The second-order valence-electron chi connectivity index (χ2n) is 7.31. The summed E-state index contributed by atoms with van der Waals surface area (Å²) >= 11 is 1.58. The number of carbonyl (C=O) groups excluding carboxylic acids is 1. The van der Waals surface area contributed by atoms with Gasteiger partial charge in [-0.25, -0.2) is 4.68 Å². The van der Waals surface area contributed by atoms with E-state index in [2.05, 4.69) is 10.6 Å². The lowest BCUT2D eigenvalue weighted by Gasteiger charge is -2.27. The maximum Gasteiger partial charge on any atom is 0.255 e. The zero-order chi connectivity index (χ0) is 22.1. The SMILES string of the molecule is COc1ccccc1-c1nc2n(n1)C(c1cccs1)C(C(=O)Nc1ccccc1)=C(C)N2. The number of hydrogen-bond donors (Lipinski definition) is 2. The first-order valence-corrected chi connectivity index (χ1v) is 11.0. The number of fused-ring (bicyclic) bond motifs is 1. The summed E-state index contributed by atoms with van der Waals surface area (Å²) in [5.74, 6) is 1.62. The minimum absolute atomic E-state index is 0.181. The molecule has 2 aromatic heterocycles. The number of carbonyl (C=O) groups is 1. The minimum Gasteiger partial charge on any atom is -0.496 e. The molecule has 1 amide bonds. The molecule has 2 aromatic carbocycles. The summed E-state index contributed by atoms with van der Waals surface area (Å²) in [6, 6.07) is 20.6. The highest BCUT2D eigenvalue weighted by molar-refractivity contribution is 7.10. The molecule has 2 N–H and O–H groups in total. The van der Waals surface area contributed by atoms with Crippen LogP contribution in [0.1, 0.15) is 17.8 Å². The van der Waals surface area contributed by atoms with E-state index < -0.39 is 6.04 Å². The first kappa shape index (κ1) is 20.0. The predicted molar refractivity (Wildman–Crippen MR) is 126 cm³/mol. The van der Waals surface area contributed by atoms with Gasteiger partial charge >= 0.3 is 0 Å². The van der Waals surface area contributed by atoms with Gasteiger partial charge in [0.15, 0.2) is 5.82 Å². The summed E-state index contributed by atoms with van der Waals surface area (Å²) in [6.45, 7) is 1.89. The Morgan fingerprint density at radius 2 is 1.88 bits per heavy atom. The summed E-state index contributed by atoms with van der Waals surface area (Å²) < 4.78 is 7.27. The van der Waals surface area contributed by atoms with Crippen LogP contribution < -0.4 is 15.4 Å². The summed E-state index contributed by atoms with van der Waals surface area (Å²) in [5.41, 5.74) is 2.86. The number of benzene rings is 2. The van der Waals surface area contributed by atoms with Gasteiger partial charge in [-0.15, -0.1) is 16.4 Å². The predicted octanol–water partition coefficient (Wildman–Crippen LogP) is 4.94. The van der Waals surface area contributed by atoms with E-state index in [0.29, 0.717) is 23.1 Å². The molecular formula is C24H21N5O2S. The third kappa shape index (κ3) is 3.54. The number of hydrogen-bond acceptors (Lipinski definition) is 6. The second-order valence-corrected chi connectivity index (χ2v) is 8.28. The van der Waals surface area contributed by atoms with Crippen LogP contribution in [0.3, 0.4) is 0 Å². The number of amides is 1. The topological polar surface area (TPSA) is 81.1 Å². The smallest absolute Gasteiger partial charge is 0.255 e. The van der Waals surface area contributed by atoms with Crippen LogP contribution in [-0.2, 0) is 4.79 Å². The van der Waals surface area contributed by atoms with Crippen molar-refractivity contribution < 1.29 is 9.53 Å². The van der Waals surface area contributed by atoms with E-state index >= 15 is 0 Å². The van der Waals surface area contributed by atoms with Crippen molar-refractivity contribution in [3.8, 4) is 17.1 Å². The van der Waals surface area contributed by atoms with Gasteiger partial charge in [-0.1, -0.05) is 36.4 Å². The van der Waals surface area contributed by atoms with Gasteiger partial charge in [-0.2, -0.15) is 4.98 Å². The van der Waals surface area contributed by atoms with E-state index in [1.54, 1.807) is 23.1 Å². The zero-order valence-electron chi connectivity index (χ0n) is 17.6. The van der Waals surface area contributed by atoms with Crippen LogP contribution in [0.25, 0.3) is 11.4 Å². The van der Waals surface area contributed by atoms with Crippen LogP contribution in [-0.4, -0.2) is 27.8 Å². The molecule has 32 heavy (non-hydrogen) atoms. The molecule has 0 radical (unpaired) electrons. The number of methoxy groups -OCH3 is 1. The lowest BCUT2D eigenvalue weighted by Crippen LogP contribution is -2.31. The molecule has 1 aliphatic rings. The van der Waals surface area contributed by atoms with Crippen molar-refractivity contribution in [1.82, 2.24) is 14.8 Å². The highest BCUT2D eigenvalue weighted by Gasteiger charge is 2.35. The molecule has 1 atom stereocenters. The summed E-state index contributed by atoms with van der Waals surface area (Å²) in [4.78, 5) is 19.1. The number of aromatic nitrogens is 3. The minimum atomic E-state index is -0.397. The molecular weight excluding hydrogens is 422 g/mol. The van der Waals surface area contributed by atoms with Crippen molar-refractivity contribution in [2.24, 2.45) is 0 Å². The van der Waals surface area contributed by atoms with Crippen molar-refractivity contribution >= 4 is 28.9 Å². The largest absolute Gasteiger partial charge is 0.496 e. The van der Waals surface area contributed by atoms with Crippen LogP contribution in [0.15, 0.2) is 83.4 Å². The standard InChI is InChI=1S/C24H21N5O2S/c1-15-20(23(30)26-16-9-4-3-5-10-16)21(19-13-8-14-32-19)29-24(25-15)27-22(28-29)17-11-6-7-12-18(17)31-2/h3-14,21H,1-2H3,(H,26,30)(H,25,27,28). The number of ether oxygens (including phenoxy) is 1. The van der Waals surface area contributed by atoms with E-state index in [-0.39, 0.29) is 5.91 Å². The van der Waals surface area contributed by atoms with E-state index in [4.69, 9.17) is 14.8 Å². The Morgan fingerprint density at radius 1 is 1.09 bits per heavy atom. The number of rotatable bonds is 5. The van der Waals surface area contributed by atoms with E-state index in [0.717, 1.165) is 21.8 Å². The fourth-order valence-corrected chi connectivity index (χ4v) is 4.64. The van der Waals surface area contributed by atoms with Crippen molar-refractivity contribution in [2.75, 3.05) is 17.7 Å². The highest BCUT2D eigenvalue weighted by Crippen LogP contribution is 2.39. The van der Waals surface area contributed by atoms with Crippen molar-refractivity contribution in [1.29, 1.82) is 0 Å². The zero-order valence-corrected chi connectivity index (χ0v) is 18.4. The molecule has 5 rings (SSSR count). The van der Waals surface area contributed by atoms with E-state index in [1.807, 2.05) is 79.0 Å². The van der Waals surface area contributed by atoms with Crippen LogP contribution >= 0.6 is 11.3 Å². The first-order valence-electron chi connectivity index (χ1n) is 10.1. The fraction of sp³-hybridized carbons (Fsp3) is 0.125. The molecule has 0 saturated heterocycles. The summed E-state index contributed by atoms with van der Waals surface area (Å²) in [5, 5.41) is 13.1. The van der Waals surface area contributed by atoms with Crippen LogP contribution in [0.5, 0.6) is 5.75 Å². The van der Waals surface area contributed by atoms with Gasteiger partial charge in [-0.3, -0.25) is 4.79 Å². The quantitative estimate of drug-likeness (QED) is 0.457.